The molecular weight excluding hydrogens is 312 g/mol. The average molecular weight is 342 g/mol. The molecule has 0 saturated carbocycles. The topological polar surface area (TPSA) is 40.6 Å². The molecule has 2 heterocycles. The summed E-state index contributed by atoms with van der Waals surface area (Å²) in [5, 5.41) is 0. The molecule has 4 heteroatoms. The molecule has 0 N–H and O–H groups in total. The number of carbonyl (C=O) groups excluding carboxylic acids is 2. The Morgan fingerprint density at radius 3 is 2.08 bits per heavy atom. The Balaban J connectivity index is 1.47. The second-order valence-electron chi connectivity index (χ2n) is 7.60. The SMILES string of the molecule is Cc1ccc(C(=O)N2CCC(CC(=O)N3CCCCCC3)CC2)cc1. The number of piperidine rings is 1. The smallest absolute Gasteiger partial charge is 0.253 e. The Hall–Kier alpha value is -1.84. The molecule has 0 spiro atoms. The number of carbonyl (C=O) groups is 2. The lowest BCUT2D eigenvalue weighted by atomic mass is 9.92. The van der Waals surface area contributed by atoms with Crippen molar-refractivity contribution in [2.75, 3.05) is 26.2 Å². The van der Waals surface area contributed by atoms with E-state index in [9.17, 15) is 9.59 Å². The Bertz CT molecular complexity index is 580. The first-order valence-electron chi connectivity index (χ1n) is 9.77. The van der Waals surface area contributed by atoms with E-state index in [0.717, 1.165) is 57.4 Å². The van der Waals surface area contributed by atoms with Gasteiger partial charge in [-0.05, 0) is 50.7 Å². The van der Waals surface area contributed by atoms with Crippen LogP contribution in [0.2, 0.25) is 0 Å². The van der Waals surface area contributed by atoms with Gasteiger partial charge in [-0.15, -0.1) is 0 Å². The van der Waals surface area contributed by atoms with Crippen molar-refractivity contribution >= 4 is 11.8 Å². The van der Waals surface area contributed by atoms with Gasteiger partial charge in [0.15, 0.2) is 0 Å². The van der Waals surface area contributed by atoms with Gasteiger partial charge < -0.3 is 9.80 Å². The van der Waals surface area contributed by atoms with Crippen molar-refractivity contribution in [2.45, 2.75) is 51.9 Å². The van der Waals surface area contributed by atoms with Gasteiger partial charge in [-0.2, -0.15) is 0 Å². The van der Waals surface area contributed by atoms with Gasteiger partial charge in [0, 0.05) is 38.2 Å². The van der Waals surface area contributed by atoms with E-state index < -0.39 is 0 Å². The lowest BCUT2D eigenvalue weighted by Crippen LogP contribution is -2.40. The molecule has 3 rings (SSSR count). The molecule has 25 heavy (non-hydrogen) atoms. The van der Waals surface area contributed by atoms with Crippen molar-refractivity contribution in [2.24, 2.45) is 5.92 Å². The van der Waals surface area contributed by atoms with E-state index in [4.69, 9.17) is 0 Å². The number of amides is 2. The summed E-state index contributed by atoms with van der Waals surface area (Å²) in [5.74, 6) is 0.875. The molecule has 136 valence electrons. The summed E-state index contributed by atoms with van der Waals surface area (Å²) in [6.07, 6.45) is 7.35. The molecule has 0 unspecified atom stereocenters. The number of hydrogen-bond acceptors (Lipinski definition) is 2. The standard InChI is InChI=1S/C21H30N2O2/c1-17-6-8-19(9-7-17)21(25)23-14-10-18(11-15-23)16-20(24)22-12-4-2-3-5-13-22/h6-9,18H,2-5,10-16H2,1H3. The number of likely N-dealkylation sites (tertiary alicyclic amines) is 2. The van der Waals surface area contributed by atoms with Crippen LogP contribution in [0, 0.1) is 12.8 Å². The van der Waals surface area contributed by atoms with E-state index in [2.05, 4.69) is 4.90 Å². The van der Waals surface area contributed by atoms with Gasteiger partial charge in [0.05, 0.1) is 0 Å². The minimum absolute atomic E-state index is 0.122. The Kier molecular flexibility index (Phi) is 6.11. The molecule has 0 aliphatic carbocycles. The van der Waals surface area contributed by atoms with Crippen LogP contribution in [0.1, 0.15) is 60.9 Å². The fourth-order valence-electron chi connectivity index (χ4n) is 3.92. The molecule has 2 aliphatic heterocycles. The monoisotopic (exact) mass is 342 g/mol. The molecule has 0 atom stereocenters. The lowest BCUT2D eigenvalue weighted by molar-refractivity contribution is -0.132. The Labute approximate surface area is 151 Å². The summed E-state index contributed by atoms with van der Waals surface area (Å²) in [6, 6.07) is 7.79. The maximum atomic E-state index is 12.6. The summed E-state index contributed by atoms with van der Waals surface area (Å²) in [5.41, 5.74) is 1.94. The maximum Gasteiger partial charge on any atom is 0.253 e. The predicted octanol–water partition coefficient (Wildman–Crippen LogP) is 3.64. The van der Waals surface area contributed by atoms with Crippen molar-refractivity contribution in [3.63, 3.8) is 0 Å². The second kappa shape index (κ2) is 8.50. The first-order valence-corrected chi connectivity index (χ1v) is 9.77. The molecule has 1 aromatic rings. The highest BCUT2D eigenvalue weighted by atomic mass is 16.2. The molecule has 2 aliphatic rings. The predicted molar refractivity (Wildman–Crippen MR) is 99.5 cm³/mol. The summed E-state index contributed by atoms with van der Waals surface area (Å²) in [7, 11) is 0. The lowest BCUT2D eigenvalue weighted by Gasteiger charge is -2.33. The van der Waals surface area contributed by atoms with Crippen molar-refractivity contribution in [1.29, 1.82) is 0 Å². The van der Waals surface area contributed by atoms with Crippen LogP contribution < -0.4 is 0 Å². The van der Waals surface area contributed by atoms with Crippen LogP contribution in [0.3, 0.4) is 0 Å². The molecule has 2 amide bonds. The largest absolute Gasteiger partial charge is 0.343 e. The van der Waals surface area contributed by atoms with E-state index in [0.29, 0.717) is 18.2 Å². The minimum atomic E-state index is 0.122. The number of benzene rings is 1. The van der Waals surface area contributed by atoms with E-state index >= 15 is 0 Å². The molecular formula is C21H30N2O2. The van der Waals surface area contributed by atoms with Crippen molar-refractivity contribution in [3.05, 3.63) is 35.4 Å². The minimum Gasteiger partial charge on any atom is -0.343 e. The van der Waals surface area contributed by atoms with E-state index in [1.54, 1.807) is 0 Å². The van der Waals surface area contributed by atoms with Gasteiger partial charge in [0.1, 0.15) is 0 Å². The van der Waals surface area contributed by atoms with Gasteiger partial charge >= 0.3 is 0 Å². The summed E-state index contributed by atoms with van der Waals surface area (Å²) < 4.78 is 0. The zero-order chi connectivity index (χ0) is 17.6. The number of hydrogen-bond donors (Lipinski definition) is 0. The average Bonchev–Trinajstić information content (AvgIpc) is 2.92. The number of rotatable bonds is 3. The number of aryl methyl sites for hydroxylation is 1. The van der Waals surface area contributed by atoms with Crippen LogP contribution in [0.25, 0.3) is 0 Å². The van der Waals surface area contributed by atoms with Gasteiger partial charge in [-0.3, -0.25) is 9.59 Å². The highest BCUT2D eigenvalue weighted by Gasteiger charge is 2.26. The van der Waals surface area contributed by atoms with Gasteiger partial charge in [-0.1, -0.05) is 30.5 Å². The van der Waals surface area contributed by atoms with Gasteiger partial charge in [0.25, 0.3) is 5.91 Å². The molecule has 2 fully saturated rings. The van der Waals surface area contributed by atoms with E-state index in [1.165, 1.54) is 18.4 Å². The van der Waals surface area contributed by atoms with Crippen LogP contribution in [0.5, 0.6) is 0 Å². The Morgan fingerprint density at radius 2 is 1.48 bits per heavy atom. The normalized spacial score (nSPS) is 19.6. The van der Waals surface area contributed by atoms with Gasteiger partial charge in [0.2, 0.25) is 5.91 Å². The number of nitrogens with zero attached hydrogens (tertiary/aromatic N) is 2. The van der Waals surface area contributed by atoms with E-state index in [1.807, 2.05) is 36.1 Å². The third-order valence-corrected chi connectivity index (χ3v) is 5.62. The van der Waals surface area contributed by atoms with Crippen LogP contribution in [-0.2, 0) is 4.79 Å². The zero-order valence-corrected chi connectivity index (χ0v) is 15.4. The molecule has 0 bridgehead atoms. The molecule has 2 saturated heterocycles. The third-order valence-electron chi connectivity index (χ3n) is 5.62. The molecule has 1 aromatic carbocycles. The molecule has 0 radical (unpaired) electrons. The molecule has 4 nitrogen and oxygen atoms in total. The summed E-state index contributed by atoms with van der Waals surface area (Å²) in [6.45, 7) is 5.43. The van der Waals surface area contributed by atoms with E-state index in [-0.39, 0.29) is 5.91 Å². The zero-order valence-electron chi connectivity index (χ0n) is 15.4. The maximum absolute atomic E-state index is 12.6. The summed E-state index contributed by atoms with van der Waals surface area (Å²) >= 11 is 0. The van der Waals surface area contributed by atoms with Crippen LogP contribution in [-0.4, -0.2) is 47.8 Å². The van der Waals surface area contributed by atoms with Crippen molar-refractivity contribution in [3.8, 4) is 0 Å². The first-order chi connectivity index (χ1) is 12.1. The quantitative estimate of drug-likeness (QED) is 0.841. The second-order valence-corrected chi connectivity index (χ2v) is 7.60. The fourth-order valence-corrected chi connectivity index (χ4v) is 3.92. The molecule has 0 aromatic heterocycles. The van der Waals surface area contributed by atoms with Crippen LogP contribution in [0.15, 0.2) is 24.3 Å². The highest BCUT2D eigenvalue weighted by Crippen LogP contribution is 2.23. The fraction of sp³-hybridized carbons (Fsp3) is 0.619. The first kappa shape index (κ1) is 18.0. The van der Waals surface area contributed by atoms with Crippen LogP contribution >= 0.6 is 0 Å². The van der Waals surface area contributed by atoms with Crippen molar-refractivity contribution < 1.29 is 9.59 Å². The third kappa shape index (κ3) is 4.83. The summed E-state index contributed by atoms with van der Waals surface area (Å²) in [4.78, 5) is 29.1. The highest BCUT2D eigenvalue weighted by molar-refractivity contribution is 5.94. The van der Waals surface area contributed by atoms with Crippen LogP contribution in [0.4, 0.5) is 0 Å². The van der Waals surface area contributed by atoms with Gasteiger partial charge in [-0.25, -0.2) is 0 Å². The van der Waals surface area contributed by atoms with Crippen molar-refractivity contribution in [1.82, 2.24) is 9.80 Å². The Morgan fingerprint density at radius 1 is 0.880 bits per heavy atom.